The highest BCUT2D eigenvalue weighted by atomic mass is 35.5. The number of hydrogen-bond acceptors (Lipinski definition) is 8. The Kier molecular flexibility index (Phi) is 9.87. The maximum atomic E-state index is 15.0. The lowest BCUT2D eigenvalue weighted by Gasteiger charge is -2.35. The van der Waals surface area contributed by atoms with Crippen LogP contribution < -0.4 is 16.4 Å². The number of alkyl carbamates (subject to hydrolysis) is 1. The van der Waals surface area contributed by atoms with Crippen LogP contribution in [0.2, 0.25) is 5.02 Å². The van der Waals surface area contributed by atoms with E-state index in [4.69, 9.17) is 22.1 Å². The molecule has 4 aromatic rings. The van der Waals surface area contributed by atoms with Gasteiger partial charge in [0.2, 0.25) is 0 Å². The van der Waals surface area contributed by atoms with E-state index in [1.165, 1.54) is 42.6 Å². The molecule has 4 N–H and O–H groups in total. The van der Waals surface area contributed by atoms with Crippen LogP contribution in [0.4, 0.5) is 35.5 Å². The number of pyridine rings is 1. The van der Waals surface area contributed by atoms with Gasteiger partial charge in [-0.25, -0.2) is 32.0 Å². The number of carbonyl (C=O) groups is 2. The number of nitrogens with zero attached hydrogens (tertiary/aromatic N) is 5. The topological polar surface area (TPSA) is 140 Å². The molecular weight excluding hydrogens is 737 g/mol. The number of carbonyl (C=O) groups excluding carboxylic acids is 2. The maximum absolute atomic E-state index is 15.0. The second-order valence-corrected chi connectivity index (χ2v) is 14.6. The van der Waals surface area contributed by atoms with Gasteiger partial charge in [0.05, 0.1) is 16.8 Å². The molecule has 11 nitrogen and oxygen atoms in total. The molecule has 1 aliphatic heterocycles. The summed E-state index contributed by atoms with van der Waals surface area (Å²) in [6.45, 7) is 4.84. The summed E-state index contributed by atoms with van der Waals surface area (Å²) in [4.78, 5) is 36.3. The molecule has 3 heterocycles. The van der Waals surface area contributed by atoms with Gasteiger partial charge < -0.3 is 15.0 Å². The van der Waals surface area contributed by atoms with Crippen LogP contribution >= 0.6 is 11.6 Å². The molecule has 284 valence electrons. The van der Waals surface area contributed by atoms with Crippen LogP contribution in [0.25, 0.3) is 16.5 Å². The number of rotatable bonds is 10. The Morgan fingerprint density at radius 1 is 1.08 bits per heavy atom. The van der Waals surface area contributed by atoms with Crippen molar-refractivity contribution in [2.75, 3.05) is 6.61 Å². The zero-order valence-electron chi connectivity index (χ0n) is 28.4. The monoisotopic (exact) mass is 770 g/mol. The van der Waals surface area contributed by atoms with E-state index >= 15 is 0 Å². The number of benzene rings is 2. The molecule has 2 fully saturated rings. The van der Waals surface area contributed by atoms with Crippen molar-refractivity contribution in [1.29, 1.82) is 0 Å². The number of ether oxygens (including phenoxy) is 1. The molecule has 0 spiro atoms. The molecule has 3 atom stereocenters. The van der Waals surface area contributed by atoms with Crippen molar-refractivity contribution in [2.45, 2.75) is 82.5 Å². The van der Waals surface area contributed by atoms with Gasteiger partial charge in [-0.1, -0.05) is 50.6 Å². The fourth-order valence-electron chi connectivity index (χ4n) is 6.75. The average molecular weight is 771 g/mol. The molecule has 0 bridgehead atoms. The van der Waals surface area contributed by atoms with Gasteiger partial charge in [-0.2, -0.15) is 18.3 Å². The number of alkyl halides is 7. The number of halogens is 8. The van der Waals surface area contributed by atoms with E-state index in [9.17, 15) is 40.3 Å². The summed E-state index contributed by atoms with van der Waals surface area (Å²) >= 11 is 6.41. The third-order valence-corrected chi connectivity index (χ3v) is 9.60. The zero-order chi connectivity index (χ0) is 38.7. The van der Waals surface area contributed by atoms with E-state index in [0.29, 0.717) is 10.9 Å². The molecule has 1 aliphatic carbocycles. The first-order valence-corrected chi connectivity index (χ1v) is 16.7. The van der Waals surface area contributed by atoms with E-state index in [1.54, 1.807) is 6.07 Å². The first-order chi connectivity index (χ1) is 24.8. The molecule has 2 amide bonds. The normalized spacial score (nSPS) is 20.8. The van der Waals surface area contributed by atoms with Gasteiger partial charge in [-0.05, 0) is 65.5 Å². The molecule has 1 saturated carbocycles. The van der Waals surface area contributed by atoms with Gasteiger partial charge in [0.25, 0.3) is 18.8 Å². The Morgan fingerprint density at radius 3 is 2.42 bits per heavy atom. The first-order valence-electron chi connectivity index (χ1n) is 16.3. The van der Waals surface area contributed by atoms with Gasteiger partial charge >= 0.3 is 12.3 Å². The van der Waals surface area contributed by atoms with Crippen LogP contribution in [-0.4, -0.2) is 61.3 Å². The predicted molar refractivity (Wildman–Crippen MR) is 177 cm³/mol. The summed E-state index contributed by atoms with van der Waals surface area (Å²) in [6.07, 6.45) is -11.9. The van der Waals surface area contributed by atoms with Crippen LogP contribution in [-0.2, 0) is 15.1 Å². The average Bonchev–Trinajstić information content (AvgIpc) is 3.62. The van der Waals surface area contributed by atoms with E-state index in [-0.39, 0.29) is 40.9 Å². The van der Waals surface area contributed by atoms with Crippen molar-refractivity contribution in [2.24, 2.45) is 11.1 Å². The maximum Gasteiger partial charge on any atom is 0.411 e. The summed E-state index contributed by atoms with van der Waals surface area (Å²) in [5.74, 6) is -1.41. The van der Waals surface area contributed by atoms with Crippen LogP contribution in [0.1, 0.15) is 81.6 Å². The summed E-state index contributed by atoms with van der Waals surface area (Å²) in [7, 11) is 0. The summed E-state index contributed by atoms with van der Waals surface area (Å²) < 4.78 is 102. The molecule has 0 radical (unpaired) electrons. The van der Waals surface area contributed by atoms with Gasteiger partial charge in [0.1, 0.15) is 36.0 Å². The van der Waals surface area contributed by atoms with E-state index in [2.05, 4.69) is 20.4 Å². The highest BCUT2D eigenvalue weighted by Crippen LogP contribution is 2.49. The Balaban J connectivity index is 1.44. The minimum absolute atomic E-state index is 0.0505. The van der Waals surface area contributed by atoms with Gasteiger partial charge in [0.15, 0.2) is 5.82 Å². The number of hydrogen-bond donors (Lipinski definition) is 3. The summed E-state index contributed by atoms with van der Waals surface area (Å²) in [6, 6.07) is 8.70. The molecule has 19 heteroatoms. The highest BCUT2D eigenvalue weighted by Gasteiger charge is 2.65. The van der Waals surface area contributed by atoms with Crippen LogP contribution in [0, 0.1) is 5.41 Å². The Hall–Kier alpha value is -4.55. The van der Waals surface area contributed by atoms with Gasteiger partial charge in [0, 0.05) is 11.6 Å². The Labute approximate surface area is 303 Å². The van der Waals surface area contributed by atoms with Crippen LogP contribution in [0.5, 0.6) is 0 Å². The predicted octanol–water partition coefficient (Wildman–Crippen LogP) is 7.21. The molecule has 53 heavy (non-hydrogen) atoms. The van der Waals surface area contributed by atoms with Crippen molar-refractivity contribution in [3.8, 4) is 5.69 Å². The minimum atomic E-state index is -4.74. The smallest absolute Gasteiger partial charge is 0.411 e. The zero-order valence-corrected chi connectivity index (χ0v) is 29.2. The minimum Gasteiger partial charge on any atom is -0.447 e. The summed E-state index contributed by atoms with van der Waals surface area (Å²) in [5.41, 5.74) is 1.95. The Morgan fingerprint density at radius 2 is 1.79 bits per heavy atom. The SMILES string of the molecule is CC(C)(C)C[C@]1(c2ccc3c(C(F)F)nccc3c2)NC(N)N(C(COC(=O)NC2(C(F)(F)F)CC2)c2ccc(Cl)c(-n3ncnc3C(F)F)c2)C1=O. The van der Waals surface area contributed by atoms with E-state index in [0.717, 1.165) is 15.9 Å². The fourth-order valence-corrected chi connectivity index (χ4v) is 6.95. The quantitative estimate of drug-likeness (QED) is 0.144. The van der Waals surface area contributed by atoms with Crippen molar-refractivity contribution < 1.29 is 45.1 Å². The molecular formula is C34H34ClF7N8O3. The lowest BCUT2D eigenvalue weighted by molar-refractivity contribution is -0.164. The van der Waals surface area contributed by atoms with Crippen LogP contribution in [0.15, 0.2) is 55.0 Å². The number of nitrogens with two attached hydrogens (primary N) is 1. The molecule has 2 unspecified atom stereocenters. The summed E-state index contributed by atoms with van der Waals surface area (Å²) in [5, 5.41) is 9.36. The van der Waals surface area contributed by atoms with E-state index in [1.807, 2.05) is 26.1 Å². The largest absolute Gasteiger partial charge is 0.447 e. The molecule has 1 saturated heterocycles. The molecule has 2 aromatic heterocycles. The Bertz CT molecular complexity index is 2040. The standard InChI is InChI=1S/C34H34ClF7N8O3/c1-31(2,3)15-33(19-5-6-20-17(12-19)8-11-44-24(20)25(36)37)28(51)49(29(43)47-33)23(14-53-30(52)48-32(9-10-32)34(40,41)42)18-4-7-21(35)22(13-18)50-27(26(38)39)45-16-46-50/h4-8,11-13,16,23,25-26,29,47H,9-10,14-15,43H2,1-3H3,(H,48,52)/t23?,29?,33-/m1/s1. The lowest BCUT2D eigenvalue weighted by Crippen LogP contribution is -2.50. The first kappa shape index (κ1) is 38.2. The van der Waals surface area contributed by atoms with Crippen molar-refractivity contribution >= 4 is 34.4 Å². The van der Waals surface area contributed by atoms with Crippen LogP contribution in [0.3, 0.4) is 0 Å². The highest BCUT2D eigenvalue weighted by molar-refractivity contribution is 6.32. The van der Waals surface area contributed by atoms with E-state index < -0.39 is 78.0 Å². The van der Waals surface area contributed by atoms with Crippen molar-refractivity contribution in [3.05, 3.63) is 82.7 Å². The third-order valence-electron chi connectivity index (χ3n) is 9.28. The molecule has 2 aliphatic rings. The number of fused-ring (bicyclic) bond motifs is 1. The second-order valence-electron chi connectivity index (χ2n) is 14.2. The fraction of sp³-hybridized carbons (Fsp3) is 0.441. The van der Waals surface area contributed by atoms with Crippen molar-refractivity contribution in [3.63, 3.8) is 0 Å². The number of amides is 2. The second kappa shape index (κ2) is 13.7. The lowest BCUT2D eigenvalue weighted by atomic mass is 9.75. The number of aromatic nitrogens is 4. The van der Waals surface area contributed by atoms with Gasteiger partial charge in [-0.3, -0.25) is 20.8 Å². The number of nitrogens with one attached hydrogen (secondary N) is 2. The molecule has 2 aromatic carbocycles. The third kappa shape index (κ3) is 7.23. The molecule has 6 rings (SSSR count). The van der Waals surface area contributed by atoms with Crippen molar-refractivity contribution in [1.82, 2.24) is 35.3 Å². The van der Waals surface area contributed by atoms with Gasteiger partial charge in [-0.15, -0.1) is 0 Å².